The van der Waals surface area contributed by atoms with E-state index in [1.165, 1.54) is 4.90 Å². The summed E-state index contributed by atoms with van der Waals surface area (Å²) in [5.41, 5.74) is -0.718. The number of amides is 1. The van der Waals surface area contributed by atoms with Crippen LogP contribution in [0.25, 0.3) is 0 Å². The summed E-state index contributed by atoms with van der Waals surface area (Å²) in [6.45, 7) is 4.45. The Morgan fingerprint density at radius 2 is 1.35 bits per heavy atom. The van der Waals surface area contributed by atoms with E-state index in [0.717, 1.165) is 0 Å². The number of carbonyl (C=O) groups is 1. The average Bonchev–Trinajstić information content (AvgIpc) is 2.34. The molecule has 1 fully saturated rings. The van der Waals surface area contributed by atoms with Crippen molar-refractivity contribution in [3.05, 3.63) is 0 Å². The molecule has 1 amide bonds. The van der Waals surface area contributed by atoms with Crippen molar-refractivity contribution in [3.8, 4) is 0 Å². The highest BCUT2D eigenvalue weighted by Crippen LogP contribution is 2.38. The fraction of sp³-hybridized carbons (Fsp3) is 0.917. The van der Waals surface area contributed by atoms with Crippen molar-refractivity contribution < 1.29 is 35.9 Å². The van der Waals surface area contributed by atoms with E-state index < -0.39 is 47.3 Å². The van der Waals surface area contributed by atoms with Crippen LogP contribution < -0.4 is 0 Å². The van der Waals surface area contributed by atoms with Gasteiger partial charge in [0.05, 0.1) is 31.4 Å². The van der Waals surface area contributed by atoms with Gasteiger partial charge in [-0.3, -0.25) is 0 Å². The number of piperazine rings is 1. The molecule has 0 bridgehead atoms. The molecule has 1 saturated heterocycles. The van der Waals surface area contributed by atoms with Crippen LogP contribution in [0.1, 0.15) is 20.8 Å². The summed E-state index contributed by atoms with van der Waals surface area (Å²) in [6, 6.07) is 0. The van der Waals surface area contributed by atoms with Crippen molar-refractivity contribution in [2.24, 2.45) is 0 Å². The molecule has 0 N–H and O–H groups in total. The molecule has 14 heteroatoms. The minimum absolute atomic E-state index is 0.121. The molecule has 0 spiro atoms. The number of rotatable bonds is 1. The Hall–Kier alpha value is -0.930. The van der Waals surface area contributed by atoms with Crippen molar-refractivity contribution in [2.75, 3.05) is 13.1 Å². The van der Waals surface area contributed by atoms with Gasteiger partial charge in [-0.25, -0.2) is 4.79 Å². The molecule has 0 atom stereocenters. The molecule has 1 heterocycles. The average molecular weight is 375 g/mol. The van der Waals surface area contributed by atoms with E-state index in [1.54, 1.807) is 20.8 Å². The molecule has 0 aromatic carbocycles. The number of nitrogens with zero attached hydrogens (tertiary/aromatic N) is 2. The quantitative estimate of drug-likeness (QED) is 0.507. The zero-order valence-electron chi connectivity index (χ0n) is 14.3. The number of hydrogen-bond donors (Lipinski definition) is 0. The van der Waals surface area contributed by atoms with Gasteiger partial charge in [0.2, 0.25) is 0 Å². The van der Waals surface area contributed by atoms with Gasteiger partial charge in [-0.1, -0.05) is 0 Å². The molecular formula is C12H14B4F6N2O2. The SMILES string of the molecule is [B]C1([B])N(C(=O)OC(C(F)(F)F)C(F)(F)F)CCN(C(C)(C)C)C1([B])[B]. The van der Waals surface area contributed by atoms with Gasteiger partial charge in [0.25, 0.3) is 6.10 Å². The predicted octanol–water partition coefficient (Wildman–Crippen LogP) is 1.01. The monoisotopic (exact) mass is 376 g/mol. The van der Waals surface area contributed by atoms with Crippen LogP contribution in [-0.2, 0) is 4.74 Å². The lowest BCUT2D eigenvalue weighted by Gasteiger charge is -2.64. The lowest BCUT2D eigenvalue weighted by molar-refractivity contribution is -0.308. The standard InChI is InChI=1S/C12H14B4F6N2O2/c1-8(2,3)24-5-4-23(11(13,14)12(24,15)16)7(25)26-6(9(17,18)19)10(20,21)22/h6H,4-5H2,1-3H3. The molecule has 1 rings (SSSR count). The molecule has 0 unspecified atom stereocenters. The maximum Gasteiger partial charge on any atom is 0.434 e. The third-order valence-electron chi connectivity index (χ3n) is 3.93. The van der Waals surface area contributed by atoms with Crippen molar-refractivity contribution in [1.82, 2.24) is 9.80 Å². The highest BCUT2D eigenvalue weighted by molar-refractivity contribution is 6.55. The molecule has 26 heavy (non-hydrogen) atoms. The second kappa shape index (κ2) is 6.60. The second-order valence-electron chi connectivity index (χ2n) is 6.97. The van der Waals surface area contributed by atoms with Crippen molar-refractivity contribution >= 4 is 37.5 Å². The van der Waals surface area contributed by atoms with Crippen LogP contribution in [0.3, 0.4) is 0 Å². The van der Waals surface area contributed by atoms with Gasteiger partial charge in [-0.05, 0) is 31.4 Å². The van der Waals surface area contributed by atoms with Crippen molar-refractivity contribution in [2.45, 2.75) is 55.4 Å². The summed E-state index contributed by atoms with van der Waals surface area (Å²) in [6.07, 6.45) is -18.1. The Balaban J connectivity index is 3.15. The molecule has 1 aliphatic rings. The second-order valence-corrected chi connectivity index (χ2v) is 6.97. The van der Waals surface area contributed by atoms with Crippen LogP contribution in [0.15, 0.2) is 0 Å². The van der Waals surface area contributed by atoms with Gasteiger partial charge in [0, 0.05) is 18.6 Å². The molecule has 1 aliphatic heterocycles. The van der Waals surface area contributed by atoms with Gasteiger partial charge in [-0.2, -0.15) is 26.3 Å². The van der Waals surface area contributed by atoms with E-state index in [4.69, 9.17) is 31.4 Å². The van der Waals surface area contributed by atoms with E-state index in [0.29, 0.717) is 0 Å². The fourth-order valence-corrected chi connectivity index (χ4v) is 2.62. The Labute approximate surface area is 152 Å². The number of alkyl halides is 6. The van der Waals surface area contributed by atoms with Crippen molar-refractivity contribution in [1.29, 1.82) is 0 Å². The summed E-state index contributed by atoms with van der Waals surface area (Å²) < 4.78 is 79.0. The highest BCUT2D eigenvalue weighted by Gasteiger charge is 2.61. The molecule has 0 aromatic rings. The topological polar surface area (TPSA) is 32.8 Å². The Morgan fingerprint density at radius 3 is 1.69 bits per heavy atom. The first kappa shape index (κ1) is 23.1. The maximum absolute atomic E-state index is 12.6. The fourth-order valence-electron chi connectivity index (χ4n) is 2.62. The summed E-state index contributed by atoms with van der Waals surface area (Å²) in [5.74, 6) is 0. The smallest absolute Gasteiger partial charge is 0.426 e. The maximum atomic E-state index is 12.6. The van der Waals surface area contributed by atoms with E-state index in [2.05, 4.69) is 4.74 Å². The number of ether oxygens (including phenoxy) is 1. The molecule has 8 radical (unpaired) electrons. The third-order valence-corrected chi connectivity index (χ3v) is 3.93. The normalized spacial score (nSPS) is 21.7. The number of halogens is 6. The lowest BCUT2D eigenvalue weighted by Crippen LogP contribution is -2.81. The minimum atomic E-state index is -5.88. The third kappa shape index (κ3) is 4.31. The van der Waals surface area contributed by atoms with E-state index >= 15 is 0 Å². The Bertz CT molecular complexity index is 533. The van der Waals surface area contributed by atoms with E-state index in [9.17, 15) is 31.1 Å². The summed E-state index contributed by atoms with van der Waals surface area (Å²) in [5, 5.41) is -4.69. The van der Waals surface area contributed by atoms with Crippen LogP contribution in [0.5, 0.6) is 0 Å². The van der Waals surface area contributed by atoms with Gasteiger partial charge in [0.1, 0.15) is 0 Å². The molecule has 0 saturated carbocycles. The Morgan fingerprint density at radius 1 is 0.923 bits per heavy atom. The molecule has 138 valence electrons. The first-order valence-electron chi connectivity index (χ1n) is 7.29. The summed E-state index contributed by atoms with van der Waals surface area (Å²) in [4.78, 5) is 13.6. The van der Waals surface area contributed by atoms with Crippen LogP contribution >= 0.6 is 0 Å². The van der Waals surface area contributed by atoms with Crippen molar-refractivity contribution in [3.63, 3.8) is 0 Å². The van der Waals surface area contributed by atoms with Crippen LogP contribution in [0, 0.1) is 0 Å². The van der Waals surface area contributed by atoms with Gasteiger partial charge < -0.3 is 14.5 Å². The van der Waals surface area contributed by atoms with Crippen LogP contribution in [0.4, 0.5) is 31.1 Å². The molecular weight excluding hydrogens is 361 g/mol. The lowest BCUT2D eigenvalue weighted by atomic mass is 9.36. The van der Waals surface area contributed by atoms with Gasteiger partial charge in [0.15, 0.2) is 0 Å². The van der Waals surface area contributed by atoms with Gasteiger partial charge in [-0.15, -0.1) is 0 Å². The number of carbonyl (C=O) groups excluding carboxylic acids is 1. The first-order valence-corrected chi connectivity index (χ1v) is 7.29. The molecule has 0 aromatic heterocycles. The predicted molar refractivity (Wildman–Crippen MR) is 84.0 cm³/mol. The highest BCUT2D eigenvalue weighted by atomic mass is 19.4. The molecule has 4 nitrogen and oxygen atoms in total. The minimum Gasteiger partial charge on any atom is -0.426 e. The zero-order chi connectivity index (χ0) is 20.9. The first-order chi connectivity index (χ1) is 11.2. The van der Waals surface area contributed by atoms with Crippen LogP contribution in [0.2, 0.25) is 0 Å². The summed E-state index contributed by atoms with van der Waals surface area (Å²) in [7, 11) is 23.2. The molecule has 0 aliphatic carbocycles. The van der Waals surface area contributed by atoms with Gasteiger partial charge >= 0.3 is 18.4 Å². The Kier molecular flexibility index (Phi) is 5.86. The largest absolute Gasteiger partial charge is 0.434 e. The van der Waals surface area contributed by atoms with E-state index in [-0.39, 0.29) is 11.4 Å². The van der Waals surface area contributed by atoms with E-state index in [1.807, 2.05) is 0 Å². The van der Waals surface area contributed by atoms with Crippen LogP contribution in [-0.4, -0.2) is 95.0 Å². The number of hydrogen-bond acceptors (Lipinski definition) is 3. The zero-order valence-corrected chi connectivity index (χ0v) is 14.3. The summed E-state index contributed by atoms with van der Waals surface area (Å²) >= 11 is 0.